The van der Waals surface area contributed by atoms with Crippen LogP contribution in [-0.4, -0.2) is 124 Å². The minimum absolute atomic E-state index is 0.0913. The molecule has 0 radical (unpaired) electrons. The molecule has 4 aromatic heterocycles. The van der Waals surface area contributed by atoms with E-state index < -0.39 is 32.8 Å². The molecule has 23 nitrogen and oxygen atoms in total. The van der Waals surface area contributed by atoms with Gasteiger partial charge >= 0.3 is 6.03 Å². The van der Waals surface area contributed by atoms with Gasteiger partial charge < -0.3 is 34.3 Å². The molecule has 5 aromatic rings. The Morgan fingerprint density at radius 3 is 2.41 bits per heavy atom. The second kappa shape index (κ2) is 22.5. The molecule has 1 aromatic carbocycles. The molecule has 0 aliphatic carbocycles. The molecule has 0 bridgehead atoms. The zero-order valence-electron chi connectivity index (χ0n) is 38.4. The summed E-state index contributed by atoms with van der Waals surface area (Å²) in [6.07, 6.45) is 7.41. The Morgan fingerprint density at radius 2 is 1.78 bits per heavy atom. The number of nitrogens with one attached hydrogen (secondary N) is 4. The van der Waals surface area contributed by atoms with E-state index >= 15 is 0 Å². The molecular weight excluding hydrogens is 949 g/mol. The minimum Gasteiger partial charge on any atom is -0.481 e. The van der Waals surface area contributed by atoms with Crippen molar-refractivity contribution < 1.29 is 41.4 Å². The molecule has 4 amide bonds. The van der Waals surface area contributed by atoms with Crippen molar-refractivity contribution in [1.29, 1.82) is 0 Å². The summed E-state index contributed by atoms with van der Waals surface area (Å²) >= 11 is 6.97. The van der Waals surface area contributed by atoms with E-state index in [1.165, 1.54) is 86.2 Å². The van der Waals surface area contributed by atoms with Crippen LogP contribution in [0.25, 0.3) is 0 Å². The van der Waals surface area contributed by atoms with Gasteiger partial charge in [0.2, 0.25) is 39.7 Å². The molecule has 6 heterocycles. The van der Waals surface area contributed by atoms with Gasteiger partial charge in [-0.05, 0) is 56.0 Å². The quantitative estimate of drug-likeness (QED) is 0.128. The van der Waals surface area contributed by atoms with Crippen LogP contribution in [0.4, 0.5) is 38.4 Å². The summed E-state index contributed by atoms with van der Waals surface area (Å²) in [6, 6.07) is 5.93. The summed E-state index contributed by atoms with van der Waals surface area (Å²) in [4.78, 5) is 67.5. The van der Waals surface area contributed by atoms with Crippen molar-refractivity contribution in [3.63, 3.8) is 0 Å². The fraction of sp³-hybridized carbons (Fsp3) is 0.390. The fourth-order valence-corrected chi connectivity index (χ4v) is 8.09. The average molecular weight is 999 g/mol. The van der Waals surface area contributed by atoms with Gasteiger partial charge in [0.15, 0.2) is 17.5 Å². The van der Waals surface area contributed by atoms with Gasteiger partial charge in [-0.15, -0.1) is 6.42 Å². The van der Waals surface area contributed by atoms with E-state index in [0.29, 0.717) is 28.1 Å². The van der Waals surface area contributed by atoms with E-state index in [1.54, 1.807) is 4.72 Å². The third kappa shape index (κ3) is 13.4. The van der Waals surface area contributed by atoms with Crippen molar-refractivity contribution in [2.75, 3.05) is 68.9 Å². The Bertz CT molecular complexity index is 2870. The molecule has 0 fully saturated rings. The van der Waals surface area contributed by atoms with Crippen LogP contribution in [0.15, 0.2) is 46.5 Å². The first-order chi connectivity index (χ1) is 32.2. The molecule has 2 aliphatic rings. The molecule has 2 aliphatic heterocycles. The molecule has 7 rings (SSSR count). The molecular formula is C41H49ClFN15O8S2. The van der Waals surface area contributed by atoms with Crippen LogP contribution in [0.3, 0.4) is 0 Å². The van der Waals surface area contributed by atoms with Crippen LogP contribution in [0.5, 0.6) is 17.5 Å². The van der Waals surface area contributed by atoms with Gasteiger partial charge in [0.1, 0.15) is 17.3 Å². The summed E-state index contributed by atoms with van der Waals surface area (Å²) in [6.45, 7) is 11.8. The van der Waals surface area contributed by atoms with Gasteiger partial charge in [-0.2, -0.15) is 37.7 Å². The van der Waals surface area contributed by atoms with Crippen LogP contribution >= 0.6 is 23.1 Å². The Hall–Kier alpha value is -7.24. The predicted molar refractivity (Wildman–Crippen MR) is 250 cm³/mol. The van der Waals surface area contributed by atoms with Gasteiger partial charge in [-0.1, -0.05) is 19.8 Å². The number of hydrogen-bond acceptors (Lipinski definition) is 19. The van der Waals surface area contributed by atoms with Crippen molar-refractivity contribution in [2.45, 2.75) is 58.7 Å². The van der Waals surface area contributed by atoms with E-state index in [0.717, 1.165) is 25.3 Å². The highest BCUT2D eigenvalue weighted by Gasteiger charge is 2.32. The van der Waals surface area contributed by atoms with E-state index in [-0.39, 0.29) is 64.8 Å². The Kier molecular flexibility index (Phi) is 17.1. The number of ether oxygens (including phenoxy) is 3. The zero-order chi connectivity index (χ0) is 49.9. The van der Waals surface area contributed by atoms with Crippen LogP contribution in [0.2, 0.25) is 5.28 Å². The topological polar surface area (TPSA) is 275 Å². The predicted octanol–water partition coefficient (Wildman–Crippen LogP) is 4.14. The standard InChI is InChI=1S/C18H17FN4O2S.C15H18N6O6S.C8H14ClN5/c1-4-5-22-13-7-12(11(19)6-14(13)25-9-16(22)24)20-17-23-10-18(2,3)8-15(23)21-26-17;1-21(2)13(22)9-6-5-7-16-12(9)28(24,25)20-15(23)19-14-17-10(26-3)8-11(18-14)27-4;1-4-10-7-12-6(9)13-8(14-7)11-5(2)3/h1,6-7H,5,8-10H2,2-3H3;5-8H,1-4H3,(H2,17,18,19,20,23);5H,4H2,1-3H3,(H2,10,11,12,13,14)/b20-17-;;. The highest BCUT2D eigenvalue weighted by atomic mass is 35.5. The number of anilines is 4. The average Bonchev–Trinajstić information content (AvgIpc) is 3.78. The monoisotopic (exact) mass is 997 g/mol. The van der Waals surface area contributed by atoms with Crippen LogP contribution in [0, 0.1) is 23.6 Å². The van der Waals surface area contributed by atoms with Crippen molar-refractivity contribution in [3.05, 3.63) is 63.8 Å². The number of fused-ring (bicyclic) bond motifs is 2. The molecule has 362 valence electrons. The van der Waals surface area contributed by atoms with Gasteiger partial charge in [-0.3, -0.25) is 19.8 Å². The van der Waals surface area contributed by atoms with E-state index in [9.17, 15) is 27.2 Å². The van der Waals surface area contributed by atoms with E-state index in [1.807, 2.05) is 25.3 Å². The number of rotatable bonds is 12. The third-order valence-electron chi connectivity index (χ3n) is 9.01. The number of carbonyl (C=O) groups is 3. The lowest BCUT2D eigenvalue weighted by atomic mass is 9.92. The number of urea groups is 1. The lowest BCUT2D eigenvalue weighted by Gasteiger charge is -2.28. The number of pyridine rings is 1. The summed E-state index contributed by atoms with van der Waals surface area (Å²) in [7, 11) is 1.15. The Balaban J connectivity index is 0.000000201. The maximum Gasteiger partial charge on any atom is 0.335 e. The number of sulfonamides is 1. The number of terminal acetylenes is 1. The van der Waals surface area contributed by atoms with Crippen LogP contribution in [0.1, 0.15) is 50.8 Å². The SMILES string of the molecule is C#CCN1C(=O)COc2cc(F)c(/N=c3\snc4n3CC(C)(C)C4)cc21.CCNc1nc(Cl)nc(NC(C)C)n1.COc1cc(OC)nc(NC(=O)NS(=O)(=O)c2ncccc2C(=O)N(C)C)n1. The number of aromatic nitrogens is 8. The summed E-state index contributed by atoms with van der Waals surface area (Å²) < 4.78 is 63.0. The molecule has 0 saturated heterocycles. The second-order valence-electron chi connectivity index (χ2n) is 15.6. The Labute approximate surface area is 400 Å². The maximum absolute atomic E-state index is 14.5. The smallest absolute Gasteiger partial charge is 0.335 e. The number of hydrogen-bond donors (Lipinski definition) is 4. The number of benzene rings is 1. The summed E-state index contributed by atoms with van der Waals surface area (Å²) in [5.74, 6) is 3.25. The molecule has 0 atom stereocenters. The fourth-order valence-electron chi connectivity index (χ4n) is 6.13. The van der Waals surface area contributed by atoms with Crippen molar-refractivity contribution in [3.8, 4) is 29.9 Å². The first-order valence-electron chi connectivity index (χ1n) is 20.4. The van der Waals surface area contributed by atoms with E-state index in [4.69, 9.17) is 32.2 Å². The molecule has 0 saturated carbocycles. The van der Waals surface area contributed by atoms with Gasteiger partial charge in [0.05, 0.1) is 38.1 Å². The van der Waals surface area contributed by atoms with Crippen molar-refractivity contribution >= 4 is 80.2 Å². The molecule has 68 heavy (non-hydrogen) atoms. The van der Waals surface area contributed by atoms with Crippen molar-refractivity contribution in [2.24, 2.45) is 10.4 Å². The number of halogens is 2. The molecule has 0 unspecified atom stereocenters. The summed E-state index contributed by atoms with van der Waals surface area (Å²) in [5.41, 5.74) is 0.490. The lowest BCUT2D eigenvalue weighted by molar-refractivity contribution is -0.121. The zero-order valence-corrected chi connectivity index (χ0v) is 40.8. The highest BCUT2D eigenvalue weighted by molar-refractivity contribution is 7.90. The van der Waals surface area contributed by atoms with E-state index in [2.05, 4.69) is 75.0 Å². The third-order valence-corrected chi connectivity index (χ3v) is 11.2. The Morgan fingerprint density at radius 1 is 1.09 bits per heavy atom. The van der Waals surface area contributed by atoms with Gasteiger partial charge in [0.25, 0.3) is 21.8 Å². The minimum atomic E-state index is -4.46. The number of nitrogens with zero attached hydrogens (tertiary/aromatic N) is 11. The van der Waals surface area contributed by atoms with Crippen LogP contribution in [-0.2, 0) is 27.8 Å². The summed E-state index contributed by atoms with van der Waals surface area (Å²) in [5, 5.41) is 7.79. The first-order valence-corrected chi connectivity index (χ1v) is 23.0. The molecule has 0 spiro atoms. The van der Waals surface area contributed by atoms with Crippen molar-refractivity contribution in [1.82, 2.24) is 48.5 Å². The largest absolute Gasteiger partial charge is 0.481 e. The highest BCUT2D eigenvalue weighted by Crippen LogP contribution is 2.37. The number of amides is 4. The van der Waals surface area contributed by atoms with Gasteiger partial charge in [0, 0.05) is 63.4 Å². The number of carbonyl (C=O) groups excluding carboxylic acids is 3. The molecule has 4 N–H and O–H groups in total. The number of methoxy groups -OCH3 is 2. The first kappa shape index (κ1) is 51.7. The lowest BCUT2D eigenvalue weighted by Crippen LogP contribution is -2.39. The van der Waals surface area contributed by atoms with Crippen LogP contribution < -0.4 is 44.6 Å². The molecule has 27 heteroatoms. The normalized spacial score (nSPS) is 13.5. The maximum atomic E-state index is 14.5. The second-order valence-corrected chi connectivity index (χ2v) is 18.3. The van der Waals surface area contributed by atoms with Gasteiger partial charge in [-0.25, -0.2) is 23.9 Å².